The summed E-state index contributed by atoms with van der Waals surface area (Å²) >= 11 is 0. The van der Waals surface area contributed by atoms with Crippen LogP contribution >= 0.6 is 0 Å². The predicted octanol–water partition coefficient (Wildman–Crippen LogP) is 3.51. The molecule has 0 bridgehead atoms. The number of piperidine rings is 1. The van der Waals surface area contributed by atoms with Crippen molar-refractivity contribution < 1.29 is 31.2 Å². The summed E-state index contributed by atoms with van der Waals surface area (Å²) in [5.74, 6) is -0.915. The van der Waals surface area contributed by atoms with E-state index in [9.17, 15) is 26.4 Å². The van der Waals surface area contributed by atoms with Crippen molar-refractivity contribution >= 4 is 37.5 Å². The van der Waals surface area contributed by atoms with E-state index >= 15 is 0 Å². The summed E-state index contributed by atoms with van der Waals surface area (Å²) in [5.41, 5.74) is 0.826. The second-order valence-corrected chi connectivity index (χ2v) is 14.0. The van der Waals surface area contributed by atoms with Crippen LogP contribution in [0.25, 0.3) is 0 Å². The van der Waals surface area contributed by atoms with Gasteiger partial charge in [-0.3, -0.25) is 9.59 Å². The number of ketones is 1. The molecule has 0 aliphatic carbocycles. The van der Waals surface area contributed by atoms with Gasteiger partial charge >= 0.3 is 5.97 Å². The number of nitrogens with zero attached hydrogens (tertiary/aromatic N) is 2. The lowest BCUT2D eigenvalue weighted by Crippen LogP contribution is -2.40. The number of nitrogens with one attached hydrogen (secondary N) is 1. The highest BCUT2D eigenvalue weighted by Gasteiger charge is 2.33. The molecule has 218 valence electrons. The van der Waals surface area contributed by atoms with Crippen molar-refractivity contribution in [3.8, 4) is 0 Å². The van der Waals surface area contributed by atoms with E-state index in [0.29, 0.717) is 38.2 Å². The summed E-state index contributed by atoms with van der Waals surface area (Å²) in [6.07, 6.45) is 4.56. The molecule has 2 aliphatic rings. The minimum atomic E-state index is -3.83. The Bertz CT molecular complexity index is 1390. The number of hydrogen-bond donors (Lipinski definition) is 1. The average Bonchev–Trinajstić information content (AvgIpc) is 3.27. The number of Topliss-reactive ketones (excluding diaryl/α,β-unsaturated/α-hetero) is 1. The summed E-state index contributed by atoms with van der Waals surface area (Å²) in [7, 11) is -7.39. The fraction of sp³-hybridized carbons (Fsp3) is 0.500. The van der Waals surface area contributed by atoms with Gasteiger partial charge in [-0.1, -0.05) is 25.0 Å². The van der Waals surface area contributed by atoms with Crippen LogP contribution in [0.5, 0.6) is 0 Å². The smallest absolute Gasteiger partial charge is 0.309 e. The summed E-state index contributed by atoms with van der Waals surface area (Å²) in [6, 6.07) is 12.2. The van der Waals surface area contributed by atoms with Gasteiger partial charge in [-0.05, 0) is 69.0 Å². The van der Waals surface area contributed by atoms with Crippen LogP contribution in [-0.4, -0.2) is 76.5 Å². The Morgan fingerprint density at radius 3 is 2.05 bits per heavy atom. The molecule has 0 unspecified atom stereocenters. The van der Waals surface area contributed by atoms with Gasteiger partial charge in [-0.2, -0.15) is 8.61 Å². The van der Waals surface area contributed by atoms with Crippen molar-refractivity contribution in [1.29, 1.82) is 0 Å². The standard InChI is InChI=1S/C28H37N3O7S2/c1-2-38-28(33)22-14-18-31(19-15-22)40(36,37)26-9-7-8-23(20-26)27(32)21-29-24-10-12-25(13-11-24)39(34,35)30-16-5-3-4-6-17-30/h7-13,20,22,29H,2-6,14-19,21H2,1H3. The van der Waals surface area contributed by atoms with Crippen molar-refractivity contribution in [3.05, 3.63) is 54.1 Å². The van der Waals surface area contributed by atoms with Crippen molar-refractivity contribution in [2.45, 2.75) is 55.2 Å². The molecule has 2 fully saturated rings. The van der Waals surface area contributed by atoms with Crippen LogP contribution in [0.3, 0.4) is 0 Å². The zero-order valence-corrected chi connectivity index (χ0v) is 24.4. The van der Waals surface area contributed by atoms with Gasteiger partial charge in [0, 0.05) is 37.4 Å². The first-order valence-electron chi connectivity index (χ1n) is 13.8. The number of ether oxygens (including phenoxy) is 1. The number of hydrogen-bond acceptors (Lipinski definition) is 8. The minimum Gasteiger partial charge on any atom is -0.466 e. The third-order valence-corrected chi connectivity index (χ3v) is 11.2. The molecule has 0 atom stereocenters. The highest BCUT2D eigenvalue weighted by molar-refractivity contribution is 7.89. The first-order valence-corrected chi connectivity index (χ1v) is 16.6. The average molecular weight is 592 g/mol. The Labute approximate surface area is 236 Å². The Hall–Kier alpha value is -2.80. The summed E-state index contributed by atoms with van der Waals surface area (Å²) < 4.78 is 60.3. The van der Waals surface area contributed by atoms with E-state index in [-0.39, 0.29) is 52.7 Å². The Morgan fingerprint density at radius 1 is 0.825 bits per heavy atom. The van der Waals surface area contributed by atoms with E-state index in [1.165, 1.54) is 38.9 Å². The molecule has 2 heterocycles. The molecule has 0 aromatic heterocycles. The van der Waals surface area contributed by atoms with E-state index in [1.807, 2.05) is 0 Å². The van der Waals surface area contributed by atoms with E-state index in [0.717, 1.165) is 25.7 Å². The predicted molar refractivity (Wildman–Crippen MR) is 151 cm³/mol. The van der Waals surface area contributed by atoms with Crippen molar-refractivity contribution in [3.63, 3.8) is 0 Å². The van der Waals surface area contributed by atoms with Gasteiger partial charge < -0.3 is 10.1 Å². The lowest BCUT2D eigenvalue weighted by molar-refractivity contribution is -0.149. The molecule has 1 N–H and O–H groups in total. The summed E-state index contributed by atoms with van der Waals surface area (Å²) in [6.45, 7) is 3.40. The highest BCUT2D eigenvalue weighted by atomic mass is 32.2. The maximum Gasteiger partial charge on any atom is 0.309 e. The van der Waals surface area contributed by atoms with Gasteiger partial charge in [-0.25, -0.2) is 16.8 Å². The molecule has 10 nitrogen and oxygen atoms in total. The molecule has 2 aromatic carbocycles. The first kappa shape index (κ1) is 30.2. The van der Waals surface area contributed by atoms with Gasteiger partial charge in [0.05, 0.1) is 28.9 Å². The van der Waals surface area contributed by atoms with Gasteiger partial charge in [0.1, 0.15) is 0 Å². The largest absolute Gasteiger partial charge is 0.466 e. The molecule has 0 radical (unpaired) electrons. The summed E-state index contributed by atoms with van der Waals surface area (Å²) in [5, 5.41) is 3.00. The molecular weight excluding hydrogens is 554 g/mol. The van der Waals surface area contributed by atoms with E-state index in [2.05, 4.69) is 5.32 Å². The molecular formula is C28H37N3O7S2. The number of carbonyl (C=O) groups is 2. The monoisotopic (exact) mass is 591 g/mol. The molecule has 4 rings (SSSR count). The third-order valence-electron chi connectivity index (χ3n) is 7.38. The van der Waals surface area contributed by atoms with Gasteiger partial charge in [-0.15, -0.1) is 0 Å². The second-order valence-electron chi connectivity index (χ2n) is 10.1. The van der Waals surface area contributed by atoms with Gasteiger partial charge in [0.25, 0.3) is 0 Å². The number of carbonyl (C=O) groups excluding carboxylic acids is 2. The molecule has 12 heteroatoms. The minimum absolute atomic E-state index is 0.0241. The molecule has 0 amide bonds. The van der Waals surface area contributed by atoms with Crippen LogP contribution in [0, 0.1) is 5.92 Å². The van der Waals surface area contributed by atoms with Crippen LogP contribution in [0.1, 0.15) is 55.8 Å². The maximum absolute atomic E-state index is 13.2. The van der Waals surface area contributed by atoms with Crippen LogP contribution in [0.2, 0.25) is 0 Å². The van der Waals surface area contributed by atoms with Crippen molar-refractivity contribution in [2.75, 3.05) is 44.6 Å². The molecule has 2 aromatic rings. The zero-order valence-electron chi connectivity index (χ0n) is 22.8. The van der Waals surface area contributed by atoms with E-state index < -0.39 is 20.0 Å². The maximum atomic E-state index is 13.2. The number of sulfonamides is 2. The Morgan fingerprint density at radius 2 is 1.43 bits per heavy atom. The third kappa shape index (κ3) is 7.09. The second kappa shape index (κ2) is 13.2. The van der Waals surface area contributed by atoms with Crippen molar-refractivity contribution in [2.24, 2.45) is 5.92 Å². The molecule has 0 spiro atoms. The topological polar surface area (TPSA) is 130 Å². The quantitative estimate of drug-likeness (QED) is 0.328. The fourth-order valence-electron chi connectivity index (χ4n) is 5.03. The van der Waals surface area contributed by atoms with E-state index in [4.69, 9.17) is 4.74 Å². The van der Waals surface area contributed by atoms with Crippen molar-refractivity contribution in [1.82, 2.24) is 8.61 Å². The Balaban J connectivity index is 1.36. The fourth-order valence-corrected chi connectivity index (χ4v) is 8.06. The number of rotatable bonds is 10. The first-order chi connectivity index (χ1) is 19.1. The van der Waals surface area contributed by atoms with E-state index in [1.54, 1.807) is 25.1 Å². The van der Waals surface area contributed by atoms with Gasteiger partial charge in [0.15, 0.2) is 5.78 Å². The van der Waals surface area contributed by atoms with Crippen LogP contribution < -0.4 is 5.32 Å². The Kier molecular flexibility index (Phi) is 9.99. The lowest BCUT2D eigenvalue weighted by Gasteiger charge is -2.30. The highest BCUT2D eigenvalue weighted by Crippen LogP contribution is 2.26. The SMILES string of the molecule is CCOC(=O)C1CCN(S(=O)(=O)c2cccc(C(=O)CNc3ccc(S(=O)(=O)N4CCCCCC4)cc3)c2)CC1. The number of anilines is 1. The lowest BCUT2D eigenvalue weighted by atomic mass is 9.98. The molecule has 0 saturated carbocycles. The summed E-state index contributed by atoms with van der Waals surface area (Å²) in [4.78, 5) is 25.1. The molecule has 2 saturated heterocycles. The number of benzene rings is 2. The molecule has 2 aliphatic heterocycles. The van der Waals surface area contributed by atoms with Crippen LogP contribution in [0.15, 0.2) is 58.3 Å². The van der Waals surface area contributed by atoms with Crippen LogP contribution in [0.4, 0.5) is 5.69 Å². The zero-order chi connectivity index (χ0) is 28.8. The number of esters is 1. The molecule has 40 heavy (non-hydrogen) atoms. The normalized spacial score (nSPS) is 18.1. The van der Waals surface area contributed by atoms with Crippen LogP contribution in [-0.2, 0) is 29.6 Å². The van der Waals surface area contributed by atoms with Gasteiger partial charge in [0.2, 0.25) is 20.0 Å².